The Labute approximate surface area is 118 Å². The van der Waals surface area contributed by atoms with Crippen LogP contribution in [0.3, 0.4) is 0 Å². The Bertz CT molecular complexity index is 537. The molecule has 2 N–H and O–H groups in total. The molecule has 0 atom stereocenters. The van der Waals surface area contributed by atoms with E-state index in [0.29, 0.717) is 18.2 Å². The third kappa shape index (κ3) is 3.50. The number of ether oxygens (including phenoxy) is 1. The van der Waals surface area contributed by atoms with Crippen LogP contribution in [0.2, 0.25) is 0 Å². The predicted molar refractivity (Wildman–Crippen MR) is 72.6 cm³/mol. The summed E-state index contributed by atoms with van der Waals surface area (Å²) in [4.78, 5) is 21.9. The van der Waals surface area contributed by atoms with Crippen LogP contribution in [0.5, 0.6) is 5.75 Å². The van der Waals surface area contributed by atoms with Crippen molar-refractivity contribution in [2.24, 2.45) is 13.0 Å². The number of amides is 1. The minimum Gasteiger partial charge on any atom is -0.489 e. The molecule has 0 aliphatic heterocycles. The van der Waals surface area contributed by atoms with E-state index in [2.05, 4.69) is 21.2 Å². The molecule has 1 fully saturated rings. The molecule has 1 aromatic rings. The second kappa shape index (κ2) is 5.64. The molecule has 1 heterocycles. The Hall–Kier alpha value is -1.50. The zero-order valence-electron chi connectivity index (χ0n) is 10.4. The van der Waals surface area contributed by atoms with Crippen molar-refractivity contribution >= 4 is 22.0 Å². The molecular weight excluding hydrogens is 316 g/mol. The molecule has 1 amide bonds. The van der Waals surface area contributed by atoms with Crippen LogP contribution in [-0.2, 0) is 7.05 Å². The van der Waals surface area contributed by atoms with Gasteiger partial charge in [0, 0.05) is 25.9 Å². The highest BCUT2D eigenvalue weighted by atomic mass is 79.9. The standard InChI is InChI=1S/C12H15BrN2O4/c1-15-6-9(13)10(4-11(15)16)19-8-2-7(3-8)5-14-12(17)18/h4,6-8,14H,2-3,5H2,1H3,(H,17,18)/t7-,8+. The molecule has 1 saturated carbocycles. The lowest BCUT2D eigenvalue weighted by Gasteiger charge is -2.35. The Morgan fingerprint density at radius 2 is 2.32 bits per heavy atom. The van der Waals surface area contributed by atoms with Crippen LogP contribution in [0, 0.1) is 5.92 Å². The number of hydrogen-bond acceptors (Lipinski definition) is 3. The van der Waals surface area contributed by atoms with Crippen LogP contribution in [-0.4, -0.2) is 28.4 Å². The monoisotopic (exact) mass is 330 g/mol. The number of nitrogens with zero attached hydrogens (tertiary/aromatic N) is 1. The number of aryl methyl sites for hydroxylation is 1. The van der Waals surface area contributed by atoms with Crippen molar-refractivity contribution < 1.29 is 14.6 Å². The zero-order valence-corrected chi connectivity index (χ0v) is 12.0. The van der Waals surface area contributed by atoms with E-state index in [1.54, 1.807) is 13.2 Å². The highest BCUT2D eigenvalue weighted by Crippen LogP contribution is 2.33. The van der Waals surface area contributed by atoms with Crippen molar-refractivity contribution in [1.82, 2.24) is 9.88 Å². The van der Waals surface area contributed by atoms with Crippen molar-refractivity contribution in [3.8, 4) is 5.75 Å². The lowest BCUT2D eigenvalue weighted by Crippen LogP contribution is -2.40. The highest BCUT2D eigenvalue weighted by molar-refractivity contribution is 9.10. The van der Waals surface area contributed by atoms with E-state index in [9.17, 15) is 9.59 Å². The summed E-state index contributed by atoms with van der Waals surface area (Å²) in [5.41, 5.74) is -0.124. The second-order valence-corrected chi connectivity index (χ2v) is 5.55. The Kier molecular flexibility index (Phi) is 4.14. The van der Waals surface area contributed by atoms with Crippen molar-refractivity contribution in [1.29, 1.82) is 0 Å². The summed E-state index contributed by atoms with van der Waals surface area (Å²) < 4.78 is 7.93. The van der Waals surface area contributed by atoms with Crippen molar-refractivity contribution in [2.45, 2.75) is 18.9 Å². The summed E-state index contributed by atoms with van der Waals surface area (Å²) in [6.45, 7) is 0.451. The third-order valence-electron chi connectivity index (χ3n) is 3.17. The molecule has 0 bridgehead atoms. The molecular formula is C12H15BrN2O4. The first kappa shape index (κ1) is 13.9. The first-order chi connectivity index (χ1) is 8.95. The molecule has 0 unspecified atom stereocenters. The van der Waals surface area contributed by atoms with Gasteiger partial charge < -0.3 is 19.7 Å². The van der Waals surface area contributed by atoms with Crippen LogP contribution in [0.25, 0.3) is 0 Å². The number of rotatable bonds is 4. The van der Waals surface area contributed by atoms with Gasteiger partial charge in [-0.15, -0.1) is 0 Å². The summed E-state index contributed by atoms with van der Waals surface area (Å²) in [6, 6.07) is 1.45. The van der Waals surface area contributed by atoms with Gasteiger partial charge >= 0.3 is 6.09 Å². The maximum absolute atomic E-state index is 11.5. The van der Waals surface area contributed by atoms with Gasteiger partial charge in [0.2, 0.25) is 0 Å². The molecule has 1 aliphatic rings. The van der Waals surface area contributed by atoms with E-state index in [4.69, 9.17) is 9.84 Å². The summed E-state index contributed by atoms with van der Waals surface area (Å²) in [7, 11) is 1.67. The summed E-state index contributed by atoms with van der Waals surface area (Å²) in [5.74, 6) is 0.851. The molecule has 1 aliphatic carbocycles. The van der Waals surface area contributed by atoms with E-state index in [1.165, 1.54) is 10.6 Å². The van der Waals surface area contributed by atoms with Gasteiger partial charge in [0.25, 0.3) is 5.56 Å². The number of aromatic nitrogens is 1. The number of carbonyl (C=O) groups is 1. The normalized spacial score (nSPS) is 21.6. The van der Waals surface area contributed by atoms with E-state index in [1.807, 2.05) is 0 Å². The Morgan fingerprint density at radius 1 is 1.63 bits per heavy atom. The van der Waals surface area contributed by atoms with E-state index < -0.39 is 6.09 Å². The van der Waals surface area contributed by atoms with Gasteiger partial charge in [0.1, 0.15) is 5.75 Å². The van der Waals surface area contributed by atoms with Crippen LogP contribution >= 0.6 is 15.9 Å². The third-order valence-corrected chi connectivity index (χ3v) is 3.77. The van der Waals surface area contributed by atoms with Crippen molar-refractivity contribution in [3.63, 3.8) is 0 Å². The van der Waals surface area contributed by atoms with Gasteiger partial charge in [-0.25, -0.2) is 4.79 Å². The van der Waals surface area contributed by atoms with Gasteiger partial charge in [0.05, 0.1) is 10.6 Å². The van der Waals surface area contributed by atoms with E-state index >= 15 is 0 Å². The molecule has 0 saturated heterocycles. The number of halogens is 1. The summed E-state index contributed by atoms with van der Waals surface area (Å²) in [5, 5.41) is 10.8. The number of hydrogen-bond donors (Lipinski definition) is 2. The second-order valence-electron chi connectivity index (χ2n) is 4.70. The Balaban J connectivity index is 1.86. The zero-order chi connectivity index (χ0) is 14.0. The van der Waals surface area contributed by atoms with E-state index in [-0.39, 0.29) is 11.7 Å². The van der Waals surface area contributed by atoms with Crippen LogP contribution in [0.4, 0.5) is 4.79 Å². The average molecular weight is 331 g/mol. The molecule has 0 spiro atoms. The molecule has 104 valence electrons. The fourth-order valence-corrected chi connectivity index (χ4v) is 2.53. The van der Waals surface area contributed by atoms with Gasteiger partial charge in [-0.05, 0) is 34.7 Å². The fourth-order valence-electron chi connectivity index (χ4n) is 2.02. The van der Waals surface area contributed by atoms with Crippen molar-refractivity contribution in [3.05, 3.63) is 27.1 Å². The maximum atomic E-state index is 11.5. The molecule has 6 nitrogen and oxygen atoms in total. The molecule has 2 rings (SSSR count). The van der Waals surface area contributed by atoms with Crippen LogP contribution < -0.4 is 15.6 Å². The first-order valence-corrected chi connectivity index (χ1v) is 6.74. The van der Waals surface area contributed by atoms with Gasteiger partial charge in [0.15, 0.2) is 0 Å². The van der Waals surface area contributed by atoms with E-state index in [0.717, 1.165) is 17.3 Å². The lowest BCUT2D eigenvalue weighted by atomic mass is 9.82. The molecule has 1 aromatic heterocycles. The fraction of sp³-hybridized carbons (Fsp3) is 0.500. The summed E-state index contributed by atoms with van der Waals surface area (Å²) >= 11 is 3.35. The van der Waals surface area contributed by atoms with Crippen LogP contribution in [0.1, 0.15) is 12.8 Å². The minimum absolute atomic E-state index is 0.0454. The maximum Gasteiger partial charge on any atom is 0.404 e. The molecule has 0 radical (unpaired) electrons. The Morgan fingerprint density at radius 3 is 2.95 bits per heavy atom. The molecule has 7 heteroatoms. The smallest absolute Gasteiger partial charge is 0.404 e. The minimum atomic E-state index is -1.00. The molecule has 19 heavy (non-hydrogen) atoms. The lowest BCUT2D eigenvalue weighted by molar-refractivity contribution is 0.0636. The van der Waals surface area contributed by atoms with Gasteiger partial charge in [-0.2, -0.15) is 0 Å². The number of carboxylic acid groups (broad SMARTS) is 1. The topological polar surface area (TPSA) is 80.6 Å². The van der Waals surface area contributed by atoms with Gasteiger partial charge in [-0.3, -0.25) is 4.79 Å². The SMILES string of the molecule is Cn1cc(Br)c(O[C@H]2C[C@@H](CNC(=O)O)C2)cc1=O. The van der Waals surface area contributed by atoms with Gasteiger partial charge in [-0.1, -0.05) is 0 Å². The van der Waals surface area contributed by atoms with Crippen molar-refractivity contribution in [2.75, 3.05) is 6.54 Å². The van der Waals surface area contributed by atoms with Crippen LogP contribution in [0.15, 0.2) is 21.5 Å². The predicted octanol–water partition coefficient (Wildman–Crippen LogP) is 1.57. The number of pyridine rings is 1. The highest BCUT2D eigenvalue weighted by Gasteiger charge is 2.31. The largest absolute Gasteiger partial charge is 0.489 e. The quantitative estimate of drug-likeness (QED) is 0.878. The molecule has 0 aromatic carbocycles. The average Bonchev–Trinajstić information content (AvgIpc) is 2.27. The number of nitrogens with one attached hydrogen (secondary N) is 1. The summed E-state index contributed by atoms with van der Waals surface area (Å²) in [6.07, 6.45) is 2.30. The first-order valence-electron chi connectivity index (χ1n) is 5.95.